The van der Waals surface area contributed by atoms with Crippen LogP contribution in [0.25, 0.3) is 0 Å². The van der Waals surface area contributed by atoms with E-state index < -0.39 is 0 Å². The van der Waals surface area contributed by atoms with Crippen LogP contribution in [0.15, 0.2) is 18.2 Å². The van der Waals surface area contributed by atoms with Gasteiger partial charge in [0.1, 0.15) is 11.6 Å². The van der Waals surface area contributed by atoms with Gasteiger partial charge in [0.25, 0.3) is 0 Å². The van der Waals surface area contributed by atoms with Gasteiger partial charge in [-0.1, -0.05) is 6.07 Å². The number of hydrogen-bond acceptors (Lipinski definition) is 3. The number of halogens is 1. The molecule has 0 radical (unpaired) electrons. The molecule has 82 valence electrons. The maximum absolute atomic E-state index is 11.1. The lowest BCUT2D eigenvalue weighted by molar-refractivity contribution is -0.113. The van der Waals surface area contributed by atoms with Gasteiger partial charge in [-0.05, 0) is 12.1 Å². The summed E-state index contributed by atoms with van der Waals surface area (Å²) in [6, 6.07) is 5.11. The van der Waals surface area contributed by atoms with Crippen LogP contribution in [0.3, 0.4) is 0 Å². The van der Waals surface area contributed by atoms with Crippen LogP contribution in [0, 0.1) is 0 Å². The number of benzene rings is 1. The van der Waals surface area contributed by atoms with E-state index in [1.165, 1.54) is 7.11 Å². The number of nitrogens with one attached hydrogen (secondary N) is 1. The van der Waals surface area contributed by atoms with Crippen molar-refractivity contribution in [2.75, 3.05) is 18.3 Å². The molecule has 0 spiro atoms. The predicted molar refractivity (Wildman–Crippen MR) is 58.3 cm³/mol. The summed E-state index contributed by atoms with van der Waals surface area (Å²) < 4.78 is 5.05. The van der Waals surface area contributed by atoms with Crippen LogP contribution < -0.4 is 10.1 Å². The molecule has 0 heterocycles. The molecule has 0 aromatic heterocycles. The Morgan fingerprint density at radius 1 is 1.60 bits per heavy atom. The van der Waals surface area contributed by atoms with E-state index in [9.17, 15) is 4.79 Å². The highest BCUT2D eigenvalue weighted by molar-refractivity contribution is 6.29. The third-order valence-corrected chi connectivity index (χ3v) is 2.15. The molecule has 1 aromatic rings. The van der Waals surface area contributed by atoms with Gasteiger partial charge in [-0.25, -0.2) is 0 Å². The number of aliphatic hydroxyl groups is 1. The molecule has 0 aliphatic rings. The lowest BCUT2D eigenvalue weighted by atomic mass is 10.1. The van der Waals surface area contributed by atoms with Crippen molar-refractivity contribution in [3.63, 3.8) is 0 Å². The number of methoxy groups -OCH3 is 1. The summed E-state index contributed by atoms with van der Waals surface area (Å²) >= 11 is 5.37. The molecule has 0 fully saturated rings. The summed E-state index contributed by atoms with van der Waals surface area (Å²) in [5, 5.41) is 11.7. The Kier molecular flexibility index (Phi) is 4.39. The minimum atomic E-state index is -0.320. The van der Waals surface area contributed by atoms with E-state index in [4.69, 9.17) is 21.4 Å². The maximum atomic E-state index is 11.1. The van der Waals surface area contributed by atoms with E-state index in [1.807, 2.05) is 0 Å². The number of rotatable bonds is 4. The van der Waals surface area contributed by atoms with Gasteiger partial charge in [0, 0.05) is 11.3 Å². The second kappa shape index (κ2) is 5.58. The van der Waals surface area contributed by atoms with Crippen LogP contribution in [0.4, 0.5) is 5.69 Å². The fourth-order valence-corrected chi connectivity index (χ4v) is 1.29. The average molecular weight is 230 g/mol. The van der Waals surface area contributed by atoms with Gasteiger partial charge >= 0.3 is 0 Å². The molecule has 0 aliphatic heterocycles. The Balaban J connectivity index is 3.00. The molecule has 0 unspecified atom stereocenters. The van der Waals surface area contributed by atoms with Gasteiger partial charge in [0.15, 0.2) is 0 Å². The van der Waals surface area contributed by atoms with Gasteiger partial charge in [-0.15, -0.1) is 11.6 Å². The molecule has 0 aliphatic carbocycles. The Labute approximate surface area is 92.8 Å². The van der Waals surface area contributed by atoms with Crippen molar-refractivity contribution in [2.45, 2.75) is 6.61 Å². The van der Waals surface area contributed by atoms with Crippen molar-refractivity contribution in [1.29, 1.82) is 0 Å². The first-order valence-electron chi connectivity index (χ1n) is 4.35. The van der Waals surface area contributed by atoms with Crippen molar-refractivity contribution in [3.8, 4) is 5.75 Å². The number of aliphatic hydroxyl groups excluding tert-OH is 1. The van der Waals surface area contributed by atoms with E-state index in [2.05, 4.69) is 5.32 Å². The van der Waals surface area contributed by atoms with Crippen molar-refractivity contribution in [3.05, 3.63) is 23.8 Å². The van der Waals surface area contributed by atoms with E-state index in [0.29, 0.717) is 17.0 Å². The Morgan fingerprint density at radius 3 is 2.87 bits per heavy atom. The highest BCUT2D eigenvalue weighted by atomic mass is 35.5. The van der Waals surface area contributed by atoms with Crippen LogP contribution in [-0.2, 0) is 11.4 Å². The Bertz CT molecular complexity index is 355. The normalized spacial score (nSPS) is 9.80. The van der Waals surface area contributed by atoms with Crippen LogP contribution in [0.5, 0.6) is 5.75 Å². The van der Waals surface area contributed by atoms with Gasteiger partial charge in [-0.3, -0.25) is 4.79 Å². The summed E-state index contributed by atoms with van der Waals surface area (Å²) in [4.78, 5) is 11.1. The highest BCUT2D eigenvalue weighted by Gasteiger charge is 2.09. The molecule has 0 bridgehead atoms. The Hall–Kier alpha value is -1.26. The van der Waals surface area contributed by atoms with Gasteiger partial charge in [0.2, 0.25) is 5.91 Å². The second-order valence-corrected chi connectivity index (χ2v) is 3.09. The summed E-state index contributed by atoms with van der Waals surface area (Å²) in [5.74, 6) is 0.0896. The van der Waals surface area contributed by atoms with Crippen LogP contribution >= 0.6 is 11.6 Å². The molecule has 1 rings (SSSR count). The zero-order chi connectivity index (χ0) is 11.3. The molecular formula is C10H12ClNO3. The smallest absolute Gasteiger partial charge is 0.239 e. The average Bonchev–Trinajstić information content (AvgIpc) is 2.28. The molecule has 1 amide bonds. The SMILES string of the molecule is COc1cccc(NC(=O)CCl)c1CO. The van der Waals surface area contributed by atoms with E-state index >= 15 is 0 Å². The summed E-state index contributed by atoms with van der Waals surface area (Å²) in [6.45, 7) is -0.206. The number of ether oxygens (including phenoxy) is 1. The van der Waals surface area contributed by atoms with Crippen molar-refractivity contribution in [2.24, 2.45) is 0 Å². The number of carbonyl (C=O) groups excluding carboxylic acids is 1. The lowest BCUT2D eigenvalue weighted by Crippen LogP contribution is -2.14. The molecule has 0 atom stereocenters. The number of amides is 1. The fraction of sp³-hybridized carbons (Fsp3) is 0.300. The monoisotopic (exact) mass is 229 g/mol. The van der Waals surface area contributed by atoms with Crippen LogP contribution in [0.1, 0.15) is 5.56 Å². The highest BCUT2D eigenvalue weighted by Crippen LogP contribution is 2.26. The lowest BCUT2D eigenvalue weighted by Gasteiger charge is -2.12. The van der Waals surface area contributed by atoms with E-state index in [0.717, 1.165) is 0 Å². The second-order valence-electron chi connectivity index (χ2n) is 2.83. The van der Waals surface area contributed by atoms with Crippen molar-refractivity contribution < 1.29 is 14.6 Å². The predicted octanol–water partition coefficient (Wildman–Crippen LogP) is 1.36. The number of hydrogen-bond donors (Lipinski definition) is 2. The zero-order valence-electron chi connectivity index (χ0n) is 8.29. The zero-order valence-corrected chi connectivity index (χ0v) is 9.04. The topological polar surface area (TPSA) is 58.6 Å². The number of carbonyl (C=O) groups is 1. The van der Waals surface area contributed by atoms with E-state index in [-0.39, 0.29) is 18.4 Å². The van der Waals surface area contributed by atoms with Gasteiger partial charge in [0.05, 0.1) is 13.7 Å². The molecule has 15 heavy (non-hydrogen) atoms. The molecule has 5 heteroatoms. The van der Waals surface area contributed by atoms with E-state index in [1.54, 1.807) is 18.2 Å². The molecular weight excluding hydrogens is 218 g/mol. The third-order valence-electron chi connectivity index (χ3n) is 1.91. The van der Waals surface area contributed by atoms with Gasteiger partial charge in [-0.2, -0.15) is 0 Å². The van der Waals surface area contributed by atoms with Crippen LogP contribution in [0.2, 0.25) is 0 Å². The number of alkyl halides is 1. The van der Waals surface area contributed by atoms with Crippen molar-refractivity contribution in [1.82, 2.24) is 0 Å². The maximum Gasteiger partial charge on any atom is 0.239 e. The minimum Gasteiger partial charge on any atom is -0.496 e. The molecule has 1 aromatic carbocycles. The standard InChI is InChI=1S/C10H12ClNO3/c1-15-9-4-2-3-8(7(9)6-13)12-10(14)5-11/h2-4,13H,5-6H2,1H3,(H,12,14). The molecule has 0 saturated carbocycles. The molecule has 2 N–H and O–H groups in total. The van der Waals surface area contributed by atoms with Crippen molar-refractivity contribution >= 4 is 23.2 Å². The molecule has 0 saturated heterocycles. The summed E-state index contributed by atoms with van der Waals surface area (Å²) in [7, 11) is 1.50. The summed E-state index contributed by atoms with van der Waals surface area (Å²) in [6.07, 6.45) is 0. The molecule has 4 nitrogen and oxygen atoms in total. The Morgan fingerprint density at radius 2 is 2.33 bits per heavy atom. The quantitative estimate of drug-likeness (QED) is 0.767. The summed E-state index contributed by atoms with van der Waals surface area (Å²) in [5.41, 5.74) is 1.06. The first-order chi connectivity index (χ1) is 7.22. The number of anilines is 1. The van der Waals surface area contributed by atoms with Gasteiger partial charge < -0.3 is 15.2 Å². The fourth-order valence-electron chi connectivity index (χ4n) is 1.22. The minimum absolute atomic E-state index is 0.123. The first kappa shape index (κ1) is 11.8. The largest absolute Gasteiger partial charge is 0.496 e. The van der Waals surface area contributed by atoms with Crippen LogP contribution in [-0.4, -0.2) is 24.0 Å². The first-order valence-corrected chi connectivity index (χ1v) is 4.89. The third kappa shape index (κ3) is 2.84.